The first kappa shape index (κ1) is 12.1. The SMILES string of the molecule is NC1CCN(c2cc(-c3c(F)cccc3F)[nH]n2)C1. The molecule has 0 amide bonds. The van der Waals surface area contributed by atoms with Crippen LogP contribution in [0.4, 0.5) is 14.6 Å². The summed E-state index contributed by atoms with van der Waals surface area (Å²) in [5.74, 6) is -0.535. The molecule has 2 aromatic rings. The zero-order valence-electron chi connectivity index (χ0n) is 10.2. The van der Waals surface area contributed by atoms with Crippen molar-refractivity contribution in [3.8, 4) is 11.3 Å². The molecule has 4 nitrogen and oxygen atoms in total. The maximum absolute atomic E-state index is 13.7. The highest BCUT2D eigenvalue weighted by molar-refractivity contribution is 5.64. The predicted octanol–water partition coefficient (Wildman–Crippen LogP) is 1.89. The van der Waals surface area contributed by atoms with Crippen LogP contribution in [0.2, 0.25) is 0 Å². The Labute approximate surface area is 109 Å². The molecule has 2 heterocycles. The molecule has 0 bridgehead atoms. The van der Waals surface area contributed by atoms with Crippen LogP contribution in [-0.2, 0) is 0 Å². The zero-order chi connectivity index (χ0) is 13.4. The molecule has 1 aliphatic rings. The van der Waals surface area contributed by atoms with Crippen LogP contribution in [-0.4, -0.2) is 29.3 Å². The van der Waals surface area contributed by atoms with Gasteiger partial charge in [-0.05, 0) is 18.6 Å². The number of halogens is 2. The Bertz CT molecular complexity index is 576. The molecule has 1 aromatic carbocycles. The number of nitrogens with two attached hydrogens (primary N) is 1. The summed E-state index contributed by atoms with van der Waals surface area (Å²) < 4.78 is 27.3. The van der Waals surface area contributed by atoms with Crippen LogP contribution in [0.25, 0.3) is 11.3 Å². The average molecular weight is 264 g/mol. The number of nitrogens with zero attached hydrogens (tertiary/aromatic N) is 2. The topological polar surface area (TPSA) is 57.9 Å². The van der Waals surface area contributed by atoms with Crippen LogP contribution in [0.15, 0.2) is 24.3 Å². The average Bonchev–Trinajstić information content (AvgIpc) is 2.98. The quantitative estimate of drug-likeness (QED) is 0.871. The molecule has 1 unspecified atom stereocenters. The van der Waals surface area contributed by atoms with Gasteiger partial charge in [-0.3, -0.25) is 5.10 Å². The van der Waals surface area contributed by atoms with Crippen LogP contribution in [0, 0.1) is 11.6 Å². The largest absolute Gasteiger partial charge is 0.354 e. The van der Waals surface area contributed by atoms with Crippen molar-refractivity contribution in [1.29, 1.82) is 0 Å². The summed E-state index contributed by atoms with van der Waals surface area (Å²) in [5.41, 5.74) is 6.09. The van der Waals surface area contributed by atoms with Gasteiger partial charge in [0.15, 0.2) is 5.82 Å². The van der Waals surface area contributed by atoms with E-state index in [-0.39, 0.29) is 11.6 Å². The summed E-state index contributed by atoms with van der Waals surface area (Å²) in [6.07, 6.45) is 0.899. The second-order valence-electron chi connectivity index (χ2n) is 4.73. The van der Waals surface area contributed by atoms with Crippen LogP contribution in [0.1, 0.15) is 6.42 Å². The Kier molecular flexibility index (Phi) is 2.94. The van der Waals surface area contributed by atoms with E-state index in [1.165, 1.54) is 18.2 Å². The van der Waals surface area contributed by atoms with Crippen LogP contribution in [0.3, 0.4) is 0 Å². The Morgan fingerprint density at radius 1 is 1.32 bits per heavy atom. The lowest BCUT2D eigenvalue weighted by molar-refractivity contribution is 0.588. The molecule has 0 aliphatic carbocycles. The second-order valence-corrected chi connectivity index (χ2v) is 4.73. The van der Waals surface area contributed by atoms with Crippen LogP contribution < -0.4 is 10.6 Å². The fraction of sp³-hybridized carbons (Fsp3) is 0.308. The lowest BCUT2D eigenvalue weighted by Crippen LogP contribution is -2.26. The fourth-order valence-electron chi connectivity index (χ4n) is 2.35. The summed E-state index contributed by atoms with van der Waals surface area (Å²) in [4.78, 5) is 2.00. The lowest BCUT2D eigenvalue weighted by Gasteiger charge is -2.13. The van der Waals surface area contributed by atoms with Crippen molar-refractivity contribution in [2.24, 2.45) is 5.73 Å². The standard InChI is InChI=1S/C13H14F2N4/c14-9-2-1-3-10(15)13(9)11-6-12(18-17-11)19-5-4-8(16)7-19/h1-3,6,8H,4-5,7,16H2,(H,17,18). The third-order valence-corrected chi connectivity index (χ3v) is 3.35. The van der Waals surface area contributed by atoms with Crippen molar-refractivity contribution in [3.63, 3.8) is 0 Å². The summed E-state index contributed by atoms with van der Waals surface area (Å²) in [6.45, 7) is 1.52. The van der Waals surface area contributed by atoms with Gasteiger partial charge in [-0.1, -0.05) is 6.07 Å². The van der Waals surface area contributed by atoms with Crippen LogP contribution >= 0.6 is 0 Å². The molecule has 0 spiro atoms. The Hall–Kier alpha value is -1.95. The molecule has 1 atom stereocenters. The minimum atomic E-state index is -0.603. The first-order valence-corrected chi connectivity index (χ1v) is 6.15. The fourth-order valence-corrected chi connectivity index (χ4v) is 2.35. The monoisotopic (exact) mass is 264 g/mol. The molecule has 0 radical (unpaired) electrons. The zero-order valence-corrected chi connectivity index (χ0v) is 10.2. The molecular weight excluding hydrogens is 250 g/mol. The predicted molar refractivity (Wildman–Crippen MR) is 68.7 cm³/mol. The molecular formula is C13H14F2N4. The Balaban J connectivity index is 1.93. The van der Waals surface area contributed by atoms with Gasteiger partial charge in [-0.2, -0.15) is 5.10 Å². The Morgan fingerprint density at radius 3 is 2.68 bits per heavy atom. The number of H-pyrrole nitrogens is 1. The molecule has 1 saturated heterocycles. The number of benzene rings is 1. The van der Waals surface area contributed by atoms with E-state index in [0.717, 1.165) is 13.0 Å². The first-order chi connectivity index (χ1) is 9.15. The van der Waals surface area contributed by atoms with Gasteiger partial charge in [0.05, 0.1) is 11.3 Å². The number of nitrogens with one attached hydrogen (secondary N) is 1. The third-order valence-electron chi connectivity index (χ3n) is 3.35. The van der Waals surface area contributed by atoms with Crippen molar-refractivity contribution in [2.45, 2.75) is 12.5 Å². The summed E-state index contributed by atoms with van der Waals surface area (Å²) in [5, 5.41) is 6.79. The van der Waals surface area contributed by atoms with Gasteiger partial charge in [-0.25, -0.2) is 8.78 Å². The van der Waals surface area contributed by atoms with Crippen molar-refractivity contribution in [2.75, 3.05) is 18.0 Å². The number of hydrogen-bond acceptors (Lipinski definition) is 3. The van der Waals surface area contributed by atoms with E-state index in [1.54, 1.807) is 6.07 Å². The number of aromatic nitrogens is 2. The molecule has 1 aromatic heterocycles. The highest BCUT2D eigenvalue weighted by atomic mass is 19.1. The summed E-state index contributed by atoms with van der Waals surface area (Å²) in [6, 6.07) is 5.57. The summed E-state index contributed by atoms with van der Waals surface area (Å²) in [7, 11) is 0. The summed E-state index contributed by atoms with van der Waals surface area (Å²) >= 11 is 0. The van der Waals surface area contributed by atoms with Gasteiger partial charge in [-0.15, -0.1) is 0 Å². The maximum Gasteiger partial charge on any atom is 0.151 e. The highest BCUT2D eigenvalue weighted by Gasteiger charge is 2.22. The first-order valence-electron chi connectivity index (χ1n) is 6.15. The molecule has 100 valence electrons. The number of anilines is 1. The molecule has 0 saturated carbocycles. The van der Waals surface area contributed by atoms with E-state index >= 15 is 0 Å². The minimum Gasteiger partial charge on any atom is -0.354 e. The van der Waals surface area contributed by atoms with Crippen molar-refractivity contribution in [3.05, 3.63) is 35.9 Å². The Morgan fingerprint density at radius 2 is 2.05 bits per heavy atom. The van der Waals surface area contributed by atoms with Crippen LogP contribution in [0.5, 0.6) is 0 Å². The molecule has 19 heavy (non-hydrogen) atoms. The number of aromatic amines is 1. The number of rotatable bonds is 2. The van der Waals surface area contributed by atoms with E-state index in [9.17, 15) is 8.78 Å². The van der Waals surface area contributed by atoms with E-state index in [0.29, 0.717) is 18.1 Å². The molecule has 3 N–H and O–H groups in total. The molecule has 6 heteroatoms. The third kappa shape index (κ3) is 2.19. The molecule has 3 rings (SSSR count). The normalized spacial score (nSPS) is 19.1. The van der Waals surface area contributed by atoms with Gasteiger partial charge in [0.2, 0.25) is 0 Å². The smallest absolute Gasteiger partial charge is 0.151 e. The van der Waals surface area contributed by atoms with Crippen molar-refractivity contribution < 1.29 is 8.78 Å². The van der Waals surface area contributed by atoms with E-state index in [4.69, 9.17) is 5.73 Å². The van der Waals surface area contributed by atoms with E-state index in [2.05, 4.69) is 10.2 Å². The van der Waals surface area contributed by atoms with Gasteiger partial charge < -0.3 is 10.6 Å². The van der Waals surface area contributed by atoms with Crippen molar-refractivity contribution >= 4 is 5.82 Å². The van der Waals surface area contributed by atoms with E-state index in [1.807, 2.05) is 4.90 Å². The molecule has 1 aliphatic heterocycles. The van der Waals surface area contributed by atoms with E-state index < -0.39 is 11.6 Å². The van der Waals surface area contributed by atoms with Gasteiger partial charge >= 0.3 is 0 Å². The highest BCUT2D eigenvalue weighted by Crippen LogP contribution is 2.28. The van der Waals surface area contributed by atoms with Gasteiger partial charge in [0, 0.05) is 25.2 Å². The second kappa shape index (κ2) is 4.62. The number of hydrogen-bond donors (Lipinski definition) is 2. The lowest BCUT2D eigenvalue weighted by atomic mass is 10.1. The maximum atomic E-state index is 13.7. The van der Waals surface area contributed by atoms with Gasteiger partial charge in [0.25, 0.3) is 0 Å². The molecule has 1 fully saturated rings. The van der Waals surface area contributed by atoms with Crippen molar-refractivity contribution in [1.82, 2.24) is 10.2 Å². The minimum absolute atomic E-state index is 0.0789. The van der Waals surface area contributed by atoms with Gasteiger partial charge in [0.1, 0.15) is 11.6 Å².